The molecule has 4 unspecified atom stereocenters. The lowest BCUT2D eigenvalue weighted by atomic mass is 10.0. The van der Waals surface area contributed by atoms with Crippen LogP contribution in [0.5, 0.6) is 0 Å². The lowest BCUT2D eigenvalue weighted by molar-refractivity contribution is -0.142. The van der Waals surface area contributed by atoms with Gasteiger partial charge in [0.15, 0.2) is 0 Å². The molecule has 3 rings (SSSR count). The zero-order valence-corrected chi connectivity index (χ0v) is 19.5. The van der Waals surface area contributed by atoms with Gasteiger partial charge in [0.25, 0.3) is 0 Å². The average molecular weight is 500 g/mol. The number of nitrogens with one attached hydrogen (secondary N) is 5. The number of nitrogens with zero attached hydrogens (tertiary/aromatic N) is 1. The minimum atomic E-state index is -1.28. The Kier molecular flexibility index (Phi) is 8.76. The van der Waals surface area contributed by atoms with E-state index in [0.29, 0.717) is 5.69 Å². The number of benzene rings is 1. The summed E-state index contributed by atoms with van der Waals surface area (Å²) in [5.74, 6) is -3.39. The number of aromatic nitrogens is 3. The normalized spacial score (nSPS) is 14.4. The number of hydrogen-bond donors (Lipinski definition) is 8. The molecule has 3 aromatic rings. The number of carboxylic acids is 1. The third-order valence-electron chi connectivity index (χ3n) is 5.61. The number of carbonyl (C=O) groups excluding carboxylic acids is 3. The molecule has 13 heteroatoms. The Morgan fingerprint density at radius 2 is 1.72 bits per heavy atom. The molecule has 3 amide bonds. The van der Waals surface area contributed by atoms with E-state index < -0.39 is 54.5 Å². The summed E-state index contributed by atoms with van der Waals surface area (Å²) in [5, 5.41) is 26.9. The Hall–Kier alpha value is -4.23. The second-order valence-electron chi connectivity index (χ2n) is 8.32. The van der Waals surface area contributed by atoms with Crippen LogP contribution in [0.15, 0.2) is 43.0 Å². The van der Waals surface area contributed by atoms with Crippen molar-refractivity contribution in [3.63, 3.8) is 0 Å². The number of amides is 3. The van der Waals surface area contributed by atoms with E-state index in [1.165, 1.54) is 19.4 Å². The number of H-pyrrole nitrogens is 2. The van der Waals surface area contributed by atoms with Crippen LogP contribution in [0.4, 0.5) is 0 Å². The molecular formula is C23H29N7O6. The molecule has 36 heavy (non-hydrogen) atoms. The largest absolute Gasteiger partial charge is 0.480 e. The molecule has 13 nitrogen and oxygen atoms in total. The number of carbonyl (C=O) groups is 4. The molecule has 1 aromatic carbocycles. The average Bonchev–Trinajstić information content (AvgIpc) is 3.52. The van der Waals surface area contributed by atoms with Crippen molar-refractivity contribution < 1.29 is 29.4 Å². The third kappa shape index (κ3) is 6.67. The van der Waals surface area contributed by atoms with Gasteiger partial charge in [-0.25, -0.2) is 9.78 Å². The van der Waals surface area contributed by atoms with E-state index in [-0.39, 0.29) is 12.8 Å². The number of aromatic amines is 2. The van der Waals surface area contributed by atoms with E-state index in [2.05, 4.69) is 30.9 Å². The summed E-state index contributed by atoms with van der Waals surface area (Å²) >= 11 is 0. The van der Waals surface area contributed by atoms with Gasteiger partial charge in [-0.1, -0.05) is 18.2 Å². The van der Waals surface area contributed by atoms with E-state index in [1.807, 2.05) is 24.3 Å². The molecule has 0 fully saturated rings. The van der Waals surface area contributed by atoms with Crippen molar-refractivity contribution in [2.24, 2.45) is 5.73 Å². The standard InChI is InChI=1S/C23H29N7O6/c1-12(28-21(33)16(24)10-31)20(32)29-18(6-13-8-26-17-5-3-2-4-15(13)17)22(34)30-19(23(35)36)7-14-9-25-11-27-14/h2-5,8-9,11-12,16,18-19,26,31H,6-7,10,24H2,1H3,(H,25,27)(H,28,33)(H,29,32)(H,30,34)(H,35,36). The van der Waals surface area contributed by atoms with Crippen LogP contribution >= 0.6 is 0 Å². The quantitative estimate of drug-likeness (QED) is 0.147. The molecule has 9 N–H and O–H groups in total. The molecule has 2 aromatic heterocycles. The van der Waals surface area contributed by atoms with Gasteiger partial charge in [0.05, 0.1) is 12.9 Å². The van der Waals surface area contributed by atoms with Gasteiger partial charge in [0, 0.05) is 41.8 Å². The van der Waals surface area contributed by atoms with Gasteiger partial charge >= 0.3 is 5.97 Å². The highest BCUT2D eigenvalue weighted by atomic mass is 16.4. The first-order valence-electron chi connectivity index (χ1n) is 11.2. The molecule has 0 aliphatic carbocycles. The summed E-state index contributed by atoms with van der Waals surface area (Å²) in [7, 11) is 0. The number of rotatable bonds is 12. The van der Waals surface area contributed by atoms with Crippen LogP contribution < -0.4 is 21.7 Å². The van der Waals surface area contributed by atoms with E-state index in [1.54, 1.807) is 6.20 Å². The Bertz CT molecular complexity index is 1210. The van der Waals surface area contributed by atoms with Crippen molar-refractivity contribution in [2.45, 2.75) is 43.9 Å². The van der Waals surface area contributed by atoms with Crippen LogP contribution in [0.2, 0.25) is 0 Å². The fourth-order valence-corrected chi connectivity index (χ4v) is 3.58. The summed E-state index contributed by atoms with van der Waals surface area (Å²) in [6, 6.07) is 2.68. The lowest BCUT2D eigenvalue weighted by Gasteiger charge is -2.23. The summed E-state index contributed by atoms with van der Waals surface area (Å²) in [6.45, 7) is 0.801. The molecule has 4 atom stereocenters. The first-order chi connectivity index (χ1) is 17.2. The lowest BCUT2D eigenvalue weighted by Crippen LogP contribution is -2.57. The number of para-hydroxylation sites is 1. The highest BCUT2D eigenvalue weighted by molar-refractivity contribution is 5.94. The van der Waals surface area contributed by atoms with Gasteiger partial charge in [-0.3, -0.25) is 14.4 Å². The van der Waals surface area contributed by atoms with Crippen molar-refractivity contribution >= 4 is 34.6 Å². The van der Waals surface area contributed by atoms with Gasteiger partial charge in [-0.05, 0) is 18.6 Å². The van der Waals surface area contributed by atoms with Gasteiger partial charge in [-0.2, -0.15) is 0 Å². The number of nitrogens with two attached hydrogens (primary N) is 1. The maximum atomic E-state index is 13.2. The number of hydrogen-bond acceptors (Lipinski definition) is 7. The van der Waals surface area contributed by atoms with E-state index in [9.17, 15) is 24.3 Å². The number of aliphatic carboxylic acids is 1. The van der Waals surface area contributed by atoms with Crippen LogP contribution in [0.25, 0.3) is 10.9 Å². The molecule has 2 heterocycles. The smallest absolute Gasteiger partial charge is 0.326 e. The maximum absolute atomic E-state index is 13.2. The molecule has 0 saturated carbocycles. The number of carboxylic acid groups (broad SMARTS) is 1. The summed E-state index contributed by atoms with van der Waals surface area (Å²) in [4.78, 5) is 59.5. The Morgan fingerprint density at radius 3 is 2.39 bits per heavy atom. The fraction of sp³-hybridized carbons (Fsp3) is 0.348. The fourth-order valence-electron chi connectivity index (χ4n) is 3.58. The van der Waals surface area contributed by atoms with Crippen LogP contribution in [0.1, 0.15) is 18.2 Å². The van der Waals surface area contributed by atoms with Crippen molar-refractivity contribution in [3.05, 3.63) is 54.2 Å². The molecule has 192 valence electrons. The molecule has 0 spiro atoms. The third-order valence-corrected chi connectivity index (χ3v) is 5.61. The van der Waals surface area contributed by atoms with Gasteiger partial charge < -0.3 is 41.9 Å². The SMILES string of the molecule is CC(NC(=O)C(N)CO)C(=O)NC(Cc1c[nH]c2ccccc12)C(=O)NC(Cc1cnc[nH]1)C(=O)O. The highest BCUT2D eigenvalue weighted by Crippen LogP contribution is 2.19. The van der Waals surface area contributed by atoms with Crippen molar-refractivity contribution in [3.8, 4) is 0 Å². The van der Waals surface area contributed by atoms with E-state index in [0.717, 1.165) is 16.5 Å². The minimum Gasteiger partial charge on any atom is -0.480 e. The Morgan fingerprint density at radius 1 is 1.00 bits per heavy atom. The molecule has 0 bridgehead atoms. The molecule has 0 radical (unpaired) electrons. The number of aliphatic hydroxyl groups is 1. The van der Waals surface area contributed by atoms with E-state index in [4.69, 9.17) is 10.8 Å². The summed E-state index contributed by atoms with van der Waals surface area (Å²) in [6.07, 6.45) is 4.57. The van der Waals surface area contributed by atoms with Gasteiger partial charge in [-0.15, -0.1) is 0 Å². The van der Waals surface area contributed by atoms with Crippen molar-refractivity contribution in [1.82, 2.24) is 30.9 Å². The number of fused-ring (bicyclic) bond motifs is 1. The summed E-state index contributed by atoms with van der Waals surface area (Å²) < 4.78 is 0. The monoisotopic (exact) mass is 499 g/mol. The topological polar surface area (TPSA) is 215 Å². The Balaban J connectivity index is 1.79. The van der Waals surface area contributed by atoms with Crippen LogP contribution in [-0.4, -0.2) is 79.6 Å². The Labute approximate surface area is 205 Å². The second kappa shape index (κ2) is 12.0. The van der Waals surface area contributed by atoms with Crippen molar-refractivity contribution in [2.75, 3.05) is 6.61 Å². The predicted octanol–water partition coefficient (Wildman–Crippen LogP) is -1.45. The second-order valence-corrected chi connectivity index (χ2v) is 8.32. The zero-order valence-electron chi connectivity index (χ0n) is 19.5. The zero-order chi connectivity index (χ0) is 26.2. The number of imidazole rings is 1. The molecule has 0 aliphatic heterocycles. The van der Waals surface area contributed by atoms with Crippen LogP contribution in [0.3, 0.4) is 0 Å². The highest BCUT2D eigenvalue weighted by Gasteiger charge is 2.30. The molecular weight excluding hydrogens is 470 g/mol. The summed E-state index contributed by atoms with van der Waals surface area (Å²) in [5.41, 5.74) is 7.54. The van der Waals surface area contributed by atoms with Crippen molar-refractivity contribution in [1.29, 1.82) is 0 Å². The molecule has 0 saturated heterocycles. The number of aliphatic hydroxyl groups excluding tert-OH is 1. The van der Waals surface area contributed by atoms with Crippen LogP contribution in [-0.2, 0) is 32.0 Å². The maximum Gasteiger partial charge on any atom is 0.326 e. The molecule has 0 aliphatic rings. The minimum absolute atomic E-state index is 0.0413. The first kappa shape index (κ1) is 26.4. The first-order valence-corrected chi connectivity index (χ1v) is 11.2. The van der Waals surface area contributed by atoms with E-state index >= 15 is 0 Å². The van der Waals surface area contributed by atoms with Crippen LogP contribution in [0, 0.1) is 0 Å². The van der Waals surface area contributed by atoms with Gasteiger partial charge in [0.1, 0.15) is 24.2 Å². The van der Waals surface area contributed by atoms with Gasteiger partial charge in [0.2, 0.25) is 17.7 Å². The predicted molar refractivity (Wildman–Crippen MR) is 128 cm³/mol.